The fourth-order valence-electron chi connectivity index (χ4n) is 2.00. The van der Waals surface area contributed by atoms with E-state index in [1.807, 2.05) is 0 Å². The molecule has 1 aliphatic heterocycles. The second-order valence-corrected chi connectivity index (χ2v) is 4.83. The minimum absolute atomic E-state index is 0.122. The van der Waals surface area contributed by atoms with Crippen molar-refractivity contribution in [1.29, 1.82) is 0 Å². The molecule has 0 radical (unpaired) electrons. The summed E-state index contributed by atoms with van der Waals surface area (Å²) < 4.78 is 0. The standard InChI is InChI=1S/C10H13Cl2N/c11-8-4-3-7(6-9(8)12)10-2-1-5-13-10/h1-2,7-9H,3-6H2. The van der Waals surface area contributed by atoms with Crippen molar-refractivity contribution in [1.82, 2.24) is 0 Å². The summed E-state index contributed by atoms with van der Waals surface area (Å²) in [6, 6.07) is 0. The van der Waals surface area contributed by atoms with E-state index < -0.39 is 0 Å². The summed E-state index contributed by atoms with van der Waals surface area (Å²) >= 11 is 12.2. The first-order chi connectivity index (χ1) is 6.27. The highest BCUT2D eigenvalue weighted by molar-refractivity contribution is 6.30. The number of allylic oxidation sites excluding steroid dienone is 1. The highest BCUT2D eigenvalue weighted by Crippen LogP contribution is 2.33. The molecule has 0 aromatic rings. The van der Waals surface area contributed by atoms with E-state index in [0.717, 1.165) is 25.8 Å². The van der Waals surface area contributed by atoms with Crippen LogP contribution in [0.4, 0.5) is 0 Å². The molecule has 0 saturated heterocycles. The van der Waals surface area contributed by atoms with Gasteiger partial charge in [0.05, 0.1) is 11.9 Å². The van der Waals surface area contributed by atoms with Crippen LogP contribution in [-0.4, -0.2) is 23.0 Å². The predicted molar refractivity (Wildman–Crippen MR) is 58.1 cm³/mol. The highest BCUT2D eigenvalue weighted by atomic mass is 35.5. The van der Waals surface area contributed by atoms with Crippen molar-refractivity contribution >= 4 is 28.9 Å². The third-order valence-electron chi connectivity index (χ3n) is 2.78. The van der Waals surface area contributed by atoms with Crippen LogP contribution in [0, 0.1) is 5.92 Å². The molecule has 1 saturated carbocycles. The molecule has 0 aromatic heterocycles. The molecule has 3 unspecified atom stereocenters. The molecule has 3 heteroatoms. The minimum Gasteiger partial charge on any atom is -0.285 e. The van der Waals surface area contributed by atoms with Crippen LogP contribution >= 0.6 is 23.2 Å². The van der Waals surface area contributed by atoms with E-state index in [-0.39, 0.29) is 10.8 Å². The molecule has 1 heterocycles. The highest BCUT2D eigenvalue weighted by Gasteiger charge is 2.29. The van der Waals surface area contributed by atoms with Crippen LogP contribution in [0.5, 0.6) is 0 Å². The van der Waals surface area contributed by atoms with Gasteiger partial charge in [0, 0.05) is 17.0 Å². The van der Waals surface area contributed by atoms with Gasteiger partial charge < -0.3 is 0 Å². The van der Waals surface area contributed by atoms with E-state index >= 15 is 0 Å². The number of hydrogen-bond donors (Lipinski definition) is 0. The smallest absolute Gasteiger partial charge is 0.0577 e. The van der Waals surface area contributed by atoms with Crippen LogP contribution < -0.4 is 0 Å². The van der Waals surface area contributed by atoms with Crippen LogP contribution in [0.2, 0.25) is 0 Å². The largest absolute Gasteiger partial charge is 0.285 e. The van der Waals surface area contributed by atoms with Gasteiger partial charge >= 0.3 is 0 Å². The Balaban J connectivity index is 1.98. The molecule has 1 fully saturated rings. The summed E-state index contributed by atoms with van der Waals surface area (Å²) in [5.74, 6) is 0.552. The Morgan fingerprint density at radius 1 is 1.23 bits per heavy atom. The molecule has 3 atom stereocenters. The zero-order chi connectivity index (χ0) is 9.26. The fourth-order valence-corrected chi connectivity index (χ4v) is 2.57. The maximum Gasteiger partial charge on any atom is 0.0577 e. The van der Waals surface area contributed by atoms with Gasteiger partial charge in [-0.25, -0.2) is 0 Å². The van der Waals surface area contributed by atoms with Crippen molar-refractivity contribution in [2.24, 2.45) is 10.9 Å². The molecule has 1 nitrogen and oxygen atoms in total. The van der Waals surface area contributed by atoms with Gasteiger partial charge in [-0.3, -0.25) is 4.99 Å². The van der Waals surface area contributed by atoms with E-state index in [4.69, 9.17) is 23.2 Å². The van der Waals surface area contributed by atoms with Crippen molar-refractivity contribution in [2.45, 2.75) is 30.0 Å². The van der Waals surface area contributed by atoms with E-state index in [9.17, 15) is 0 Å². The summed E-state index contributed by atoms with van der Waals surface area (Å²) in [7, 11) is 0. The molecule has 2 rings (SSSR count). The lowest BCUT2D eigenvalue weighted by Gasteiger charge is -2.28. The van der Waals surface area contributed by atoms with Gasteiger partial charge in [0.15, 0.2) is 0 Å². The monoisotopic (exact) mass is 217 g/mol. The van der Waals surface area contributed by atoms with Gasteiger partial charge in [0.25, 0.3) is 0 Å². The van der Waals surface area contributed by atoms with E-state index in [1.54, 1.807) is 0 Å². The Kier molecular flexibility index (Phi) is 2.95. The Morgan fingerprint density at radius 3 is 2.69 bits per heavy atom. The number of rotatable bonds is 1. The Labute approximate surface area is 88.8 Å². The quantitative estimate of drug-likeness (QED) is 0.600. The van der Waals surface area contributed by atoms with Crippen LogP contribution in [0.25, 0.3) is 0 Å². The molecule has 0 bridgehead atoms. The third-order valence-corrected chi connectivity index (χ3v) is 3.91. The summed E-state index contributed by atoms with van der Waals surface area (Å²) in [5, 5.41) is 0.279. The minimum atomic E-state index is 0.122. The first-order valence-electron chi connectivity index (χ1n) is 4.76. The van der Waals surface area contributed by atoms with Crippen LogP contribution in [0.1, 0.15) is 19.3 Å². The van der Waals surface area contributed by atoms with E-state index in [2.05, 4.69) is 17.1 Å². The number of hydrogen-bond acceptors (Lipinski definition) is 1. The molecular formula is C10H13Cl2N. The fraction of sp³-hybridized carbons (Fsp3) is 0.700. The number of halogens is 2. The Morgan fingerprint density at radius 2 is 2.08 bits per heavy atom. The van der Waals surface area contributed by atoms with Crippen LogP contribution in [0.15, 0.2) is 17.1 Å². The third kappa shape index (κ3) is 2.08. The second-order valence-electron chi connectivity index (χ2n) is 3.71. The zero-order valence-corrected chi connectivity index (χ0v) is 8.93. The summed E-state index contributed by atoms with van der Waals surface area (Å²) in [5.41, 5.74) is 1.23. The molecule has 0 N–H and O–H groups in total. The molecule has 0 aromatic carbocycles. The van der Waals surface area contributed by atoms with E-state index in [0.29, 0.717) is 5.92 Å². The van der Waals surface area contributed by atoms with Crippen molar-refractivity contribution in [3.05, 3.63) is 12.2 Å². The molecular weight excluding hydrogens is 205 g/mol. The maximum atomic E-state index is 6.13. The first-order valence-corrected chi connectivity index (χ1v) is 5.63. The summed E-state index contributed by atoms with van der Waals surface area (Å²) in [6.07, 6.45) is 7.38. The molecule has 0 spiro atoms. The topological polar surface area (TPSA) is 12.4 Å². The molecule has 2 aliphatic rings. The van der Waals surface area contributed by atoms with Crippen LogP contribution in [-0.2, 0) is 0 Å². The van der Waals surface area contributed by atoms with Crippen molar-refractivity contribution < 1.29 is 0 Å². The summed E-state index contributed by atoms with van der Waals surface area (Å²) in [6.45, 7) is 0.850. The van der Waals surface area contributed by atoms with Gasteiger partial charge in [0.1, 0.15) is 0 Å². The predicted octanol–water partition coefficient (Wildman–Crippen LogP) is 3.01. The van der Waals surface area contributed by atoms with Crippen molar-refractivity contribution in [2.75, 3.05) is 6.54 Å². The molecule has 1 aliphatic carbocycles. The summed E-state index contributed by atoms with van der Waals surface area (Å²) in [4.78, 5) is 4.42. The zero-order valence-electron chi connectivity index (χ0n) is 7.42. The molecule has 13 heavy (non-hydrogen) atoms. The lowest BCUT2D eigenvalue weighted by Crippen LogP contribution is -2.29. The van der Waals surface area contributed by atoms with Gasteiger partial charge in [-0.2, -0.15) is 0 Å². The van der Waals surface area contributed by atoms with Gasteiger partial charge in [0.2, 0.25) is 0 Å². The Bertz CT molecular complexity index is 247. The molecule has 0 amide bonds. The van der Waals surface area contributed by atoms with Gasteiger partial charge in [-0.15, -0.1) is 23.2 Å². The Hall–Kier alpha value is -0.0100. The number of alkyl halides is 2. The van der Waals surface area contributed by atoms with Gasteiger partial charge in [-0.1, -0.05) is 6.08 Å². The average molecular weight is 218 g/mol. The van der Waals surface area contributed by atoms with Crippen LogP contribution in [0.3, 0.4) is 0 Å². The van der Waals surface area contributed by atoms with Crippen molar-refractivity contribution in [3.63, 3.8) is 0 Å². The normalized spacial score (nSPS) is 39.2. The number of nitrogens with zero attached hydrogens (tertiary/aromatic N) is 1. The lowest BCUT2D eigenvalue weighted by molar-refractivity contribution is 0.452. The SMILES string of the molecule is ClC1CCC(C2=NCC=C2)CC1Cl. The number of aliphatic imine (C=N–C) groups is 1. The second kappa shape index (κ2) is 4.02. The average Bonchev–Trinajstić information content (AvgIpc) is 2.62. The van der Waals surface area contributed by atoms with Crippen molar-refractivity contribution in [3.8, 4) is 0 Å². The van der Waals surface area contributed by atoms with Gasteiger partial charge in [-0.05, 0) is 25.3 Å². The molecule has 72 valence electrons. The van der Waals surface area contributed by atoms with E-state index in [1.165, 1.54) is 5.71 Å². The lowest BCUT2D eigenvalue weighted by atomic mass is 9.85. The maximum absolute atomic E-state index is 6.13. The first kappa shape index (κ1) is 9.54.